The molecule has 2 aliphatic rings. The number of nitrogens with zero attached hydrogens (tertiary/aromatic N) is 1. The van der Waals surface area contributed by atoms with E-state index in [1.54, 1.807) is 12.3 Å². The summed E-state index contributed by atoms with van der Waals surface area (Å²) in [5.41, 5.74) is 3.24. The van der Waals surface area contributed by atoms with Gasteiger partial charge in [-0.05, 0) is 60.3 Å². The van der Waals surface area contributed by atoms with E-state index in [2.05, 4.69) is 18.2 Å². The molecule has 1 aliphatic carbocycles. The van der Waals surface area contributed by atoms with Gasteiger partial charge in [-0.3, -0.25) is 19.2 Å². The number of hydrogen-bond donors (Lipinski definition) is 1. The normalized spacial score (nSPS) is 24.5. The number of nitriles is 1. The molecular formula is C32H35NO10S. The molecule has 0 spiro atoms. The Kier molecular flexibility index (Phi) is 10.3. The molecular weight excluding hydrogens is 590 g/mol. The predicted molar refractivity (Wildman–Crippen MR) is 156 cm³/mol. The highest BCUT2D eigenvalue weighted by molar-refractivity contribution is 7.98. The van der Waals surface area contributed by atoms with Gasteiger partial charge in [-0.25, -0.2) is 0 Å². The molecule has 5 atom stereocenters. The molecule has 1 saturated heterocycles. The van der Waals surface area contributed by atoms with E-state index < -0.39 is 60.7 Å². The van der Waals surface area contributed by atoms with Crippen molar-refractivity contribution in [1.29, 1.82) is 5.26 Å². The number of rotatable bonds is 10. The number of esters is 4. The van der Waals surface area contributed by atoms with Gasteiger partial charge < -0.3 is 28.8 Å². The van der Waals surface area contributed by atoms with Crippen LogP contribution in [0, 0.1) is 11.3 Å². The lowest BCUT2D eigenvalue weighted by Gasteiger charge is -2.48. The number of benzene rings is 2. The van der Waals surface area contributed by atoms with Crippen LogP contribution in [0.3, 0.4) is 0 Å². The standard InChI is InChI=1S/C32H35NO10S/c1-17(34)39-16-27-29(40-18(2)35)30(41-19(3)36)31(42-20(4)37)32(38,43-27)25-13-24(26(15-33)28(14-25)44-5)12-21-6-8-22(9-7-21)23-10-11-23/h6-9,13-14,23,27,29-31,38H,10-12,16H2,1-5H3/t27-,29-,30+,31-,32+/m1/s1. The van der Waals surface area contributed by atoms with Crippen molar-refractivity contribution in [1.82, 2.24) is 0 Å². The summed E-state index contributed by atoms with van der Waals surface area (Å²) in [5, 5.41) is 22.4. The molecule has 2 fully saturated rings. The predicted octanol–water partition coefficient (Wildman–Crippen LogP) is 3.65. The summed E-state index contributed by atoms with van der Waals surface area (Å²) in [6.07, 6.45) is -1.62. The Morgan fingerprint density at radius 1 is 0.955 bits per heavy atom. The topological polar surface area (TPSA) is 158 Å². The van der Waals surface area contributed by atoms with E-state index in [0.717, 1.165) is 33.3 Å². The Bertz CT molecular complexity index is 1460. The third-order valence-corrected chi connectivity index (χ3v) is 8.17. The second-order valence-electron chi connectivity index (χ2n) is 10.9. The molecule has 2 aromatic carbocycles. The molecule has 11 nitrogen and oxygen atoms in total. The Morgan fingerprint density at radius 2 is 1.57 bits per heavy atom. The van der Waals surface area contributed by atoms with Gasteiger partial charge in [0.25, 0.3) is 0 Å². The summed E-state index contributed by atoms with van der Waals surface area (Å²) in [5.74, 6) is -5.04. The number of hydrogen-bond acceptors (Lipinski definition) is 12. The molecule has 0 aromatic heterocycles. The van der Waals surface area contributed by atoms with E-state index in [4.69, 9.17) is 23.7 Å². The first kappa shape index (κ1) is 33.0. The highest BCUT2D eigenvalue weighted by Gasteiger charge is 2.60. The zero-order valence-corrected chi connectivity index (χ0v) is 26.0. The zero-order chi connectivity index (χ0) is 32.2. The fourth-order valence-corrected chi connectivity index (χ4v) is 5.99. The summed E-state index contributed by atoms with van der Waals surface area (Å²) in [6.45, 7) is 3.98. The van der Waals surface area contributed by atoms with Crippen molar-refractivity contribution in [2.45, 2.75) is 88.0 Å². The van der Waals surface area contributed by atoms with Gasteiger partial charge in [0.2, 0.25) is 11.9 Å². The molecule has 0 amide bonds. The quantitative estimate of drug-likeness (QED) is 0.232. The van der Waals surface area contributed by atoms with Gasteiger partial charge in [0.1, 0.15) is 18.8 Å². The molecule has 234 valence electrons. The van der Waals surface area contributed by atoms with Gasteiger partial charge in [-0.15, -0.1) is 11.8 Å². The number of carbonyl (C=O) groups excluding carboxylic acids is 4. The van der Waals surface area contributed by atoms with Crippen molar-refractivity contribution in [3.05, 3.63) is 64.2 Å². The summed E-state index contributed by atoms with van der Waals surface area (Å²) < 4.78 is 27.7. The third-order valence-electron chi connectivity index (χ3n) is 7.41. The summed E-state index contributed by atoms with van der Waals surface area (Å²) >= 11 is 1.27. The summed E-state index contributed by atoms with van der Waals surface area (Å²) in [4.78, 5) is 48.9. The van der Waals surface area contributed by atoms with E-state index in [0.29, 0.717) is 28.4 Å². The first-order valence-corrected chi connectivity index (χ1v) is 15.3. The Morgan fingerprint density at radius 3 is 2.09 bits per heavy atom. The molecule has 12 heteroatoms. The van der Waals surface area contributed by atoms with Gasteiger partial charge in [0.05, 0.1) is 5.56 Å². The second kappa shape index (κ2) is 13.8. The minimum absolute atomic E-state index is 0.0861. The first-order valence-electron chi connectivity index (χ1n) is 14.1. The maximum Gasteiger partial charge on any atom is 0.303 e. The molecule has 0 bridgehead atoms. The van der Waals surface area contributed by atoms with Gasteiger partial charge in [0.15, 0.2) is 12.2 Å². The molecule has 0 radical (unpaired) electrons. The lowest BCUT2D eigenvalue weighted by Crippen LogP contribution is -2.66. The van der Waals surface area contributed by atoms with Crippen LogP contribution in [-0.2, 0) is 55.1 Å². The van der Waals surface area contributed by atoms with Crippen LogP contribution in [0.5, 0.6) is 0 Å². The summed E-state index contributed by atoms with van der Waals surface area (Å²) in [7, 11) is 0. The number of carbonyl (C=O) groups is 4. The SMILES string of the molecule is CSc1cc([C@]2(O)O[C@H](COC(C)=O)[C@@H](OC(C)=O)[C@H](OC(C)=O)[C@H]2OC(C)=O)cc(Cc2ccc(C3CC3)cc2)c1C#N. The van der Waals surface area contributed by atoms with Gasteiger partial charge >= 0.3 is 23.9 Å². The fourth-order valence-electron chi connectivity index (χ4n) is 5.36. The number of thioether (sulfide) groups is 1. The van der Waals surface area contributed by atoms with E-state index in [-0.39, 0.29) is 5.56 Å². The third kappa shape index (κ3) is 7.59. The maximum absolute atomic E-state index is 12.3. The van der Waals surface area contributed by atoms with E-state index in [1.165, 1.54) is 36.2 Å². The van der Waals surface area contributed by atoms with Crippen LogP contribution in [0.4, 0.5) is 0 Å². The number of aliphatic hydroxyl groups is 1. The van der Waals surface area contributed by atoms with Crippen molar-refractivity contribution in [3.8, 4) is 6.07 Å². The average Bonchev–Trinajstić information content (AvgIpc) is 3.80. The average molecular weight is 626 g/mol. The van der Waals surface area contributed by atoms with Gasteiger partial charge in [-0.1, -0.05) is 24.3 Å². The molecule has 2 aromatic rings. The molecule has 4 rings (SSSR count). The highest BCUT2D eigenvalue weighted by Crippen LogP contribution is 2.43. The lowest BCUT2D eigenvalue weighted by atomic mass is 9.85. The molecule has 1 aliphatic heterocycles. The van der Waals surface area contributed by atoms with Crippen molar-refractivity contribution in [2.75, 3.05) is 12.9 Å². The monoisotopic (exact) mass is 625 g/mol. The van der Waals surface area contributed by atoms with Gasteiger partial charge in [0, 0.05) is 38.2 Å². The molecule has 44 heavy (non-hydrogen) atoms. The number of ether oxygens (including phenoxy) is 5. The van der Waals surface area contributed by atoms with Crippen LogP contribution in [0.15, 0.2) is 41.3 Å². The maximum atomic E-state index is 12.3. The largest absolute Gasteiger partial charge is 0.463 e. The smallest absolute Gasteiger partial charge is 0.303 e. The van der Waals surface area contributed by atoms with Crippen LogP contribution in [0.25, 0.3) is 0 Å². The lowest BCUT2D eigenvalue weighted by molar-refractivity contribution is -0.360. The second-order valence-corrected chi connectivity index (χ2v) is 11.7. The Balaban J connectivity index is 1.86. The zero-order valence-electron chi connectivity index (χ0n) is 25.2. The highest BCUT2D eigenvalue weighted by atomic mass is 32.2. The minimum Gasteiger partial charge on any atom is -0.463 e. The van der Waals surface area contributed by atoms with Crippen molar-refractivity contribution < 1.29 is 48.0 Å². The van der Waals surface area contributed by atoms with Crippen LogP contribution in [0.2, 0.25) is 0 Å². The molecule has 1 N–H and O–H groups in total. The first-order chi connectivity index (χ1) is 20.9. The van der Waals surface area contributed by atoms with Gasteiger partial charge in [-0.2, -0.15) is 5.26 Å². The van der Waals surface area contributed by atoms with Crippen molar-refractivity contribution in [3.63, 3.8) is 0 Å². The summed E-state index contributed by atoms with van der Waals surface area (Å²) in [6, 6.07) is 13.5. The fraction of sp³-hybridized carbons (Fsp3) is 0.469. The van der Waals surface area contributed by atoms with Crippen LogP contribution in [0.1, 0.15) is 74.3 Å². The minimum atomic E-state index is -2.50. The van der Waals surface area contributed by atoms with Crippen LogP contribution >= 0.6 is 11.8 Å². The Hall–Kier alpha value is -3.92. The molecule has 1 saturated carbocycles. The van der Waals surface area contributed by atoms with E-state index in [9.17, 15) is 29.5 Å². The van der Waals surface area contributed by atoms with Crippen LogP contribution in [-0.4, -0.2) is 66.3 Å². The molecule has 1 heterocycles. The van der Waals surface area contributed by atoms with Crippen molar-refractivity contribution >= 4 is 35.6 Å². The van der Waals surface area contributed by atoms with Crippen molar-refractivity contribution in [2.24, 2.45) is 0 Å². The Labute approximate surface area is 259 Å². The van der Waals surface area contributed by atoms with Crippen LogP contribution < -0.4 is 0 Å². The van der Waals surface area contributed by atoms with E-state index in [1.807, 2.05) is 12.1 Å². The molecule has 0 unspecified atom stereocenters. The van der Waals surface area contributed by atoms with E-state index >= 15 is 0 Å².